The van der Waals surface area contributed by atoms with E-state index in [0.29, 0.717) is 16.9 Å². The molecule has 1 aromatic heterocycles. The fourth-order valence-electron chi connectivity index (χ4n) is 2.53. The molecule has 1 aliphatic rings. The molecule has 1 atom stereocenters. The van der Waals surface area contributed by atoms with E-state index in [9.17, 15) is 5.26 Å². The summed E-state index contributed by atoms with van der Waals surface area (Å²) < 4.78 is 0. The van der Waals surface area contributed by atoms with Gasteiger partial charge in [-0.15, -0.1) is 0 Å². The number of anilines is 1. The Bertz CT molecular complexity index is 479. The number of aromatic nitrogens is 1. The van der Waals surface area contributed by atoms with Gasteiger partial charge in [-0.1, -0.05) is 20.8 Å². The van der Waals surface area contributed by atoms with Gasteiger partial charge in [-0.25, -0.2) is 4.98 Å². The Hall–Kier alpha value is -1.56. The molecule has 0 aromatic carbocycles. The molecular weight excluding hydrogens is 222 g/mol. The largest absolute Gasteiger partial charge is 0.355 e. The smallest absolute Gasteiger partial charge is 0.146 e. The summed E-state index contributed by atoms with van der Waals surface area (Å²) in [5, 5.41) is 9.18. The molecule has 3 heteroatoms. The first-order valence-electron chi connectivity index (χ1n) is 6.54. The number of nitriles is 1. The van der Waals surface area contributed by atoms with Crippen LogP contribution < -0.4 is 4.90 Å². The second-order valence-corrected chi connectivity index (χ2v) is 6.23. The highest BCUT2D eigenvalue weighted by molar-refractivity contribution is 5.55. The summed E-state index contributed by atoms with van der Waals surface area (Å²) in [6, 6.07) is 6.03. The molecule has 2 rings (SSSR count). The van der Waals surface area contributed by atoms with Crippen LogP contribution in [0.1, 0.15) is 38.4 Å². The summed E-state index contributed by atoms with van der Waals surface area (Å²) >= 11 is 0. The van der Waals surface area contributed by atoms with E-state index in [1.54, 1.807) is 0 Å². The Morgan fingerprint density at radius 3 is 2.67 bits per heavy atom. The number of aryl methyl sites for hydroxylation is 1. The van der Waals surface area contributed by atoms with Gasteiger partial charge >= 0.3 is 0 Å². The van der Waals surface area contributed by atoms with Gasteiger partial charge < -0.3 is 4.90 Å². The lowest BCUT2D eigenvalue weighted by molar-refractivity contribution is 0.263. The van der Waals surface area contributed by atoms with E-state index in [2.05, 4.69) is 36.7 Å². The molecule has 0 spiro atoms. The molecule has 0 aliphatic carbocycles. The zero-order chi connectivity index (χ0) is 13.3. The van der Waals surface area contributed by atoms with Crippen LogP contribution in [0.3, 0.4) is 0 Å². The first-order valence-corrected chi connectivity index (χ1v) is 6.54. The summed E-state index contributed by atoms with van der Waals surface area (Å²) in [5.41, 5.74) is 1.99. The molecule has 18 heavy (non-hydrogen) atoms. The number of nitrogens with zero attached hydrogens (tertiary/aromatic N) is 3. The van der Waals surface area contributed by atoms with Crippen LogP contribution in [0, 0.1) is 29.6 Å². The second kappa shape index (κ2) is 4.61. The highest BCUT2D eigenvalue weighted by atomic mass is 15.2. The van der Waals surface area contributed by atoms with E-state index in [1.165, 1.54) is 6.42 Å². The van der Waals surface area contributed by atoms with Gasteiger partial charge in [-0.05, 0) is 36.8 Å². The Morgan fingerprint density at radius 2 is 2.11 bits per heavy atom. The zero-order valence-corrected chi connectivity index (χ0v) is 11.7. The number of hydrogen-bond acceptors (Lipinski definition) is 3. The fraction of sp³-hybridized carbons (Fsp3) is 0.600. The summed E-state index contributed by atoms with van der Waals surface area (Å²) in [5.74, 6) is 1.54. The van der Waals surface area contributed by atoms with Crippen molar-refractivity contribution in [3.05, 3.63) is 23.4 Å². The van der Waals surface area contributed by atoms with Crippen molar-refractivity contribution in [2.75, 3.05) is 18.0 Å². The second-order valence-electron chi connectivity index (χ2n) is 6.23. The SMILES string of the molecule is Cc1ccc(C#N)c(N2CCC(C(C)(C)C)C2)n1. The van der Waals surface area contributed by atoms with E-state index in [0.717, 1.165) is 24.6 Å². The Kier molecular flexibility index (Phi) is 3.30. The predicted molar refractivity (Wildman–Crippen MR) is 73.5 cm³/mol. The van der Waals surface area contributed by atoms with Gasteiger partial charge in [0, 0.05) is 18.8 Å². The van der Waals surface area contributed by atoms with Crippen molar-refractivity contribution in [2.24, 2.45) is 11.3 Å². The van der Waals surface area contributed by atoms with Crippen molar-refractivity contribution in [3.8, 4) is 6.07 Å². The van der Waals surface area contributed by atoms with E-state index < -0.39 is 0 Å². The lowest BCUT2D eigenvalue weighted by Crippen LogP contribution is -2.27. The first kappa shape index (κ1) is 12.9. The van der Waals surface area contributed by atoms with Gasteiger partial charge in [0.25, 0.3) is 0 Å². The minimum atomic E-state index is 0.325. The standard InChI is InChI=1S/C15H21N3/c1-11-5-6-12(9-16)14(17-11)18-8-7-13(10-18)15(2,3)4/h5-6,13H,7-8,10H2,1-4H3. The highest BCUT2D eigenvalue weighted by Gasteiger charge is 2.33. The third-order valence-corrected chi connectivity index (χ3v) is 3.85. The molecule has 0 amide bonds. The maximum absolute atomic E-state index is 9.18. The maximum Gasteiger partial charge on any atom is 0.146 e. The molecule has 1 unspecified atom stereocenters. The summed E-state index contributed by atoms with van der Waals surface area (Å²) in [7, 11) is 0. The molecule has 2 heterocycles. The van der Waals surface area contributed by atoms with Crippen molar-refractivity contribution in [1.29, 1.82) is 5.26 Å². The Morgan fingerprint density at radius 1 is 1.39 bits per heavy atom. The topological polar surface area (TPSA) is 39.9 Å². The van der Waals surface area contributed by atoms with Crippen LogP contribution in [0.2, 0.25) is 0 Å². The molecular formula is C15H21N3. The van der Waals surface area contributed by atoms with Gasteiger partial charge in [0.05, 0.1) is 5.56 Å². The van der Waals surface area contributed by atoms with Gasteiger partial charge in [0.2, 0.25) is 0 Å². The van der Waals surface area contributed by atoms with Crippen LogP contribution in [0.25, 0.3) is 0 Å². The molecule has 1 saturated heterocycles. The molecule has 3 nitrogen and oxygen atoms in total. The average molecular weight is 243 g/mol. The first-order chi connectivity index (χ1) is 8.41. The molecule has 1 fully saturated rings. The molecule has 0 radical (unpaired) electrons. The van der Waals surface area contributed by atoms with E-state index in [1.807, 2.05) is 19.1 Å². The van der Waals surface area contributed by atoms with Gasteiger partial charge in [-0.2, -0.15) is 5.26 Å². The third-order valence-electron chi connectivity index (χ3n) is 3.85. The maximum atomic E-state index is 9.18. The van der Waals surface area contributed by atoms with Crippen molar-refractivity contribution in [2.45, 2.75) is 34.1 Å². The van der Waals surface area contributed by atoms with Gasteiger partial charge in [0.15, 0.2) is 0 Å². The minimum Gasteiger partial charge on any atom is -0.355 e. The Labute approximate surface area is 109 Å². The van der Waals surface area contributed by atoms with Gasteiger partial charge in [-0.3, -0.25) is 0 Å². The lowest BCUT2D eigenvalue weighted by atomic mass is 9.80. The van der Waals surface area contributed by atoms with Crippen molar-refractivity contribution >= 4 is 5.82 Å². The Balaban J connectivity index is 2.25. The van der Waals surface area contributed by atoms with Crippen molar-refractivity contribution in [1.82, 2.24) is 4.98 Å². The number of pyridine rings is 1. The lowest BCUT2D eigenvalue weighted by Gasteiger charge is -2.27. The molecule has 0 saturated carbocycles. The highest BCUT2D eigenvalue weighted by Crippen LogP contribution is 2.35. The van der Waals surface area contributed by atoms with Crippen molar-refractivity contribution < 1.29 is 0 Å². The zero-order valence-electron chi connectivity index (χ0n) is 11.7. The van der Waals surface area contributed by atoms with Crippen LogP contribution in [0.15, 0.2) is 12.1 Å². The molecule has 96 valence electrons. The number of rotatable bonds is 1. The quantitative estimate of drug-likeness (QED) is 0.760. The number of hydrogen-bond donors (Lipinski definition) is 0. The predicted octanol–water partition coefficient (Wildman–Crippen LogP) is 3.13. The molecule has 1 aliphatic heterocycles. The van der Waals surface area contributed by atoms with E-state index in [4.69, 9.17) is 0 Å². The van der Waals surface area contributed by atoms with E-state index >= 15 is 0 Å². The monoisotopic (exact) mass is 243 g/mol. The van der Waals surface area contributed by atoms with Crippen LogP contribution >= 0.6 is 0 Å². The summed E-state index contributed by atoms with van der Waals surface area (Å²) in [6.45, 7) is 10.9. The normalized spacial score (nSPS) is 19.9. The van der Waals surface area contributed by atoms with Gasteiger partial charge in [0.1, 0.15) is 11.9 Å². The molecule has 1 aromatic rings. The average Bonchev–Trinajstić information content (AvgIpc) is 2.77. The van der Waals surface area contributed by atoms with Crippen LogP contribution in [0.4, 0.5) is 5.82 Å². The molecule has 0 N–H and O–H groups in total. The molecule has 0 bridgehead atoms. The van der Waals surface area contributed by atoms with Crippen LogP contribution in [-0.4, -0.2) is 18.1 Å². The fourth-order valence-corrected chi connectivity index (χ4v) is 2.53. The van der Waals surface area contributed by atoms with Crippen LogP contribution in [0.5, 0.6) is 0 Å². The van der Waals surface area contributed by atoms with Crippen LogP contribution in [-0.2, 0) is 0 Å². The van der Waals surface area contributed by atoms with Crippen molar-refractivity contribution in [3.63, 3.8) is 0 Å². The summed E-state index contributed by atoms with van der Waals surface area (Å²) in [6.07, 6.45) is 1.18. The third kappa shape index (κ3) is 2.48. The minimum absolute atomic E-state index is 0.325. The van der Waals surface area contributed by atoms with E-state index in [-0.39, 0.29) is 0 Å². The summed E-state index contributed by atoms with van der Waals surface area (Å²) in [4.78, 5) is 6.81.